The van der Waals surface area contributed by atoms with Crippen LogP contribution in [0.3, 0.4) is 0 Å². The van der Waals surface area contributed by atoms with E-state index in [4.69, 9.17) is 0 Å². The molecule has 1 fully saturated rings. The molecule has 1 aliphatic rings. The molecule has 0 bridgehead atoms. The monoisotopic (exact) mass is 255 g/mol. The predicted octanol–water partition coefficient (Wildman–Crippen LogP) is 2.52. The summed E-state index contributed by atoms with van der Waals surface area (Å²) >= 11 is 0. The summed E-state index contributed by atoms with van der Waals surface area (Å²) in [4.78, 5) is 24.6. The molecule has 2 atom stereocenters. The zero-order chi connectivity index (χ0) is 14.0. The maximum Gasteiger partial charge on any atom is 0.329 e. The Bertz CT molecular complexity index is 327. The molecule has 0 aromatic carbocycles. The van der Waals surface area contributed by atoms with Gasteiger partial charge in [-0.3, -0.25) is 4.79 Å². The Hall–Kier alpha value is -1.06. The first kappa shape index (κ1) is 15.0. The van der Waals surface area contributed by atoms with E-state index < -0.39 is 11.5 Å². The maximum atomic E-state index is 11.8. The predicted molar refractivity (Wildman–Crippen MR) is 70.2 cm³/mol. The number of carboxylic acids is 1. The zero-order valence-electron chi connectivity index (χ0n) is 11.9. The van der Waals surface area contributed by atoms with Crippen LogP contribution in [0.2, 0.25) is 0 Å². The van der Waals surface area contributed by atoms with E-state index >= 15 is 0 Å². The summed E-state index contributed by atoms with van der Waals surface area (Å²) in [6, 6.07) is 0. The molecular weight excluding hydrogens is 230 g/mol. The van der Waals surface area contributed by atoms with Gasteiger partial charge in [-0.15, -0.1) is 0 Å². The molecule has 1 N–H and O–H groups in total. The number of carbonyl (C=O) groups is 2. The molecule has 0 spiro atoms. The molecule has 2 unspecified atom stereocenters. The minimum atomic E-state index is -1.01. The number of nitrogens with zero attached hydrogens (tertiary/aromatic N) is 1. The minimum absolute atomic E-state index is 0.0366. The zero-order valence-corrected chi connectivity index (χ0v) is 11.9. The smallest absolute Gasteiger partial charge is 0.329 e. The van der Waals surface area contributed by atoms with E-state index in [1.54, 1.807) is 0 Å². The minimum Gasteiger partial charge on any atom is -0.479 e. The second-order valence-electron chi connectivity index (χ2n) is 6.49. The Kier molecular flexibility index (Phi) is 4.41. The van der Waals surface area contributed by atoms with Crippen LogP contribution in [0.1, 0.15) is 53.4 Å². The molecular formula is C14H25NO3. The second kappa shape index (κ2) is 5.29. The van der Waals surface area contributed by atoms with Gasteiger partial charge in [0, 0.05) is 6.54 Å². The fraction of sp³-hybridized carbons (Fsp3) is 0.857. The van der Waals surface area contributed by atoms with Crippen molar-refractivity contribution in [2.24, 2.45) is 11.3 Å². The lowest BCUT2D eigenvalue weighted by Gasteiger charge is -2.49. The van der Waals surface area contributed by atoms with Gasteiger partial charge in [0.25, 0.3) is 0 Å². The molecule has 1 rings (SSSR count). The van der Waals surface area contributed by atoms with Crippen LogP contribution < -0.4 is 0 Å². The molecule has 1 amide bonds. The normalized spacial score (nSPS) is 30.8. The van der Waals surface area contributed by atoms with Crippen LogP contribution in [0.15, 0.2) is 0 Å². The molecule has 1 saturated carbocycles. The lowest BCUT2D eigenvalue weighted by molar-refractivity contribution is -0.162. The molecule has 0 aromatic heterocycles. The van der Waals surface area contributed by atoms with Crippen LogP contribution in [-0.2, 0) is 9.59 Å². The van der Waals surface area contributed by atoms with E-state index in [9.17, 15) is 14.7 Å². The van der Waals surface area contributed by atoms with E-state index in [2.05, 4.69) is 20.8 Å². The highest BCUT2D eigenvalue weighted by atomic mass is 16.4. The van der Waals surface area contributed by atoms with Gasteiger partial charge in [-0.05, 0) is 37.0 Å². The third-order valence-electron chi connectivity index (χ3n) is 3.90. The first-order valence-corrected chi connectivity index (χ1v) is 6.73. The Morgan fingerprint density at radius 3 is 2.44 bits per heavy atom. The molecule has 4 nitrogen and oxygen atoms in total. The molecule has 0 radical (unpaired) electrons. The summed E-state index contributed by atoms with van der Waals surface area (Å²) in [5.74, 6) is -0.535. The topological polar surface area (TPSA) is 57.6 Å². The molecule has 0 saturated heterocycles. The highest BCUT2D eigenvalue weighted by Gasteiger charge is 2.51. The van der Waals surface area contributed by atoms with Gasteiger partial charge in [-0.1, -0.05) is 27.7 Å². The maximum absolute atomic E-state index is 11.8. The van der Waals surface area contributed by atoms with Crippen molar-refractivity contribution in [3.63, 3.8) is 0 Å². The Labute approximate surface area is 109 Å². The van der Waals surface area contributed by atoms with Crippen molar-refractivity contribution in [3.8, 4) is 0 Å². The molecule has 104 valence electrons. The summed E-state index contributed by atoms with van der Waals surface area (Å²) in [5.41, 5.74) is -1.05. The van der Waals surface area contributed by atoms with Crippen LogP contribution in [0.25, 0.3) is 0 Å². The lowest BCUT2D eigenvalue weighted by Crippen LogP contribution is -2.59. The lowest BCUT2D eigenvalue weighted by atomic mass is 9.63. The number of rotatable bonds is 5. The van der Waals surface area contributed by atoms with Crippen molar-refractivity contribution in [2.45, 2.75) is 58.9 Å². The van der Waals surface area contributed by atoms with Crippen LogP contribution in [0, 0.1) is 11.3 Å². The molecule has 0 aliphatic heterocycles. The molecule has 0 heterocycles. The summed E-state index contributed by atoms with van der Waals surface area (Å²) in [7, 11) is 0. The number of hydrogen-bond acceptors (Lipinski definition) is 2. The molecule has 4 heteroatoms. The van der Waals surface area contributed by atoms with Gasteiger partial charge in [-0.2, -0.15) is 0 Å². The standard InChI is InChI=1S/C14H25NO3/c1-5-6-15(10-16)14(12(17)18)8-11(2)7-13(3,4)9-14/h10-11H,5-9H2,1-4H3,(H,17,18). The van der Waals surface area contributed by atoms with Gasteiger partial charge in [0.1, 0.15) is 5.54 Å². The Morgan fingerprint density at radius 1 is 1.44 bits per heavy atom. The number of carbonyl (C=O) groups excluding carboxylic acids is 1. The van der Waals surface area contributed by atoms with Crippen LogP contribution in [-0.4, -0.2) is 34.5 Å². The van der Waals surface area contributed by atoms with E-state index in [-0.39, 0.29) is 5.41 Å². The van der Waals surface area contributed by atoms with Crippen molar-refractivity contribution >= 4 is 12.4 Å². The molecule has 18 heavy (non-hydrogen) atoms. The third kappa shape index (κ3) is 2.85. The van der Waals surface area contributed by atoms with Crippen molar-refractivity contribution < 1.29 is 14.7 Å². The molecule has 1 aliphatic carbocycles. The first-order chi connectivity index (χ1) is 8.27. The summed E-state index contributed by atoms with van der Waals surface area (Å²) in [6.45, 7) is 8.74. The van der Waals surface area contributed by atoms with Crippen LogP contribution >= 0.6 is 0 Å². The van der Waals surface area contributed by atoms with E-state index in [1.807, 2.05) is 6.92 Å². The Morgan fingerprint density at radius 2 is 2.06 bits per heavy atom. The Balaban J connectivity index is 3.13. The van der Waals surface area contributed by atoms with Gasteiger partial charge < -0.3 is 10.0 Å². The number of carboxylic acid groups (broad SMARTS) is 1. The van der Waals surface area contributed by atoms with E-state index in [0.29, 0.717) is 31.7 Å². The van der Waals surface area contributed by atoms with Crippen molar-refractivity contribution in [3.05, 3.63) is 0 Å². The number of aliphatic carboxylic acids is 1. The SMILES string of the molecule is CCCN(C=O)C1(C(=O)O)CC(C)CC(C)(C)C1. The average molecular weight is 255 g/mol. The average Bonchev–Trinajstić information content (AvgIpc) is 2.22. The number of amides is 1. The highest BCUT2D eigenvalue weighted by molar-refractivity contribution is 5.81. The second-order valence-corrected chi connectivity index (χ2v) is 6.49. The van der Waals surface area contributed by atoms with E-state index in [1.165, 1.54) is 4.90 Å². The molecule has 0 aromatic rings. The van der Waals surface area contributed by atoms with Gasteiger partial charge in [0.15, 0.2) is 0 Å². The van der Waals surface area contributed by atoms with Crippen LogP contribution in [0.5, 0.6) is 0 Å². The first-order valence-electron chi connectivity index (χ1n) is 6.73. The summed E-state index contributed by atoms with van der Waals surface area (Å²) < 4.78 is 0. The van der Waals surface area contributed by atoms with Crippen molar-refractivity contribution in [1.29, 1.82) is 0 Å². The van der Waals surface area contributed by atoms with Gasteiger partial charge in [0.05, 0.1) is 0 Å². The quantitative estimate of drug-likeness (QED) is 0.768. The largest absolute Gasteiger partial charge is 0.479 e. The fourth-order valence-corrected chi connectivity index (χ4v) is 3.64. The third-order valence-corrected chi connectivity index (χ3v) is 3.90. The highest BCUT2D eigenvalue weighted by Crippen LogP contribution is 2.46. The van der Waals surface area contributed by atoms with E-state index in [0.717, 1.165) is 12.8 Å². The summed E-state index contributed by atoms with van der Waals surface area (Å²) in [5, 5.41) is 9.67. The summed E-state index contributed by atoms with van der Waals surface area (Å²) in [6.07, 6.45) is 3.61. The number of hydrogen-bond donors (Lipinski definition) is 1. The van der Waals surface area contributed by atoms with Gasteiger partial charge in [-0.25, -0.2) is 4.79 Å². The van der Waals surface area contributed by atoms with Crippen molar-refractivity contribution in [2.75, 3.05) is 6.54 Å². The van der Waals surface area contributed by atoms with Gasteiger partial charge >= 0.3 is 5.97 Å². The van der Waals surface area contributed by atoms with Crippen molar-refractivity contribution in [1.82, 2.24) is 4.90 Å². The fourth-order valence-electron chi connectivity index (χ4n) is 3.64. The van der Waals surface area contributed by atoms with Gasteiger partial charge in [0.2, 0.25) is 6.41 Å². The van der Waals surface area contributed by atoms with Crippen LogP contribution in [0.4, 0.5) is 0 Å².